The normalized spacial score (nSPS) is 14.3. The van der Waals surface area contributed by atoms with Crippen molar-refractivity contribution in [2.75, 3.05) is 32.8 Å². The Labute approximate surface area is 191 Å². The van der Waals surface area contributed by atoms with Crippen molar-refractivity contribution >= 4 is 23.2 Å². The molecule has 1 heterocycles. The molecule has 0 unspecified atom stereocenters. The van der Waals surface area contributed by atoms with Gasteiger partial charge in [0.25, 0.3) is 5.91 Å². The summed E-state index contributed by atoms with van der Waals surface area (Å²) in [4.78, 5) is 17.3. The molecule has 2 aromatic rings. The Morgan fingerprint density at radius 2 is 1.68 bits per heavy atom. The molecule has 0 aliphatic carbocycles. The minimum Gasteiger partial charge on any atom is -0.493 e. The monoisotopic (exact) mass is 439 g/mol. The van der Waals surface area contributed by atoms with E-state index < -0.39 is 0 Å². The van der Waals surface area contributed by atoms with Crippen molar-refractivity contribution < 1.29 is 9.53 Å². The molecule has 1 saturated heterocycles. The van der Waals surface area contributed by atoms with Gasteiger partial charge in [-0.05, 0) is 36.3 Å². The van der Waals surface area contributed by atoms with Crippen molar-refractivity contribution in [2.24, 2.45) is 0 Å². The standard InChI is InChI=1S/C25H33N3O2S/c1-2-3-4-10-19-30-23-14-9-8-13-22(23)24(29)26-25(31)28-17-15-27(16-18-28)20-21-11-6-5-7-12-21/h5-9,11-14H,2-4,10,15-20H2,1H3,(H,26,29,31). The van der Waals surface area contributed by atoms with E-state index in [1.54, 1.807) is 6.07 Å². The van der Waals surface area contributed by atoms with E-state index in [0.29, 0.717) is 23.0 Å². The molecule has 0 atom stereocenters. The highest BCUT2D eigenvalue weighted by molar-refractivity contribution is 7.80. The zero-order valence-corrected chi connectivity index (χ0v) is 19.2. The predicted molar refractivity (Wildman–Crippen MR) is 129 cm³/mol. The average Bonchev–Trinajstić information content (AvgIpc) is 2.80. The summed E-state index contributed by atoms with van der Waals surface area (Å²) in [6.07, 6.45) is 4.54. The molecule has 1 aliphatic heterocycles. The maximum atomic E-state index is 12.8. The Bertz CT molecular complexity index is 836. The summed E-state index contributed by atoms with van der Waals surface area (Å²) < 4.78 is 5.88. The molecule has 31 heavy (non-hydrogen) atoms. The lowest BCUT2D eigenvalue weighted by atomic mass is 10.2. The Kier molecular flexibility index (Phi) is 9.31. The second kappa shape index (κ2) is 12.4. The molecule has 1 amide bonds. The number of para-hydroxylation sites is 1. The van der Waals surface area contributed by atoms with Gasteiger partial charge in [-0.1, -0.05) is 68.7 Å². The third-order valence-corrected chi connectivity index (χ3v) is 5.88. The minimum absolute atomic E-state index is 0.208. The van der Waals surface area contributed by atoms with Crippen LogP contribution in [0.3, 0.4) is 0 Å². The first kappa shape index (κ1) is 23.2. The molecule has 6 heteroatoms. The van der Waals surface area contributed by atoms with Crippen molar-refractivity contribution in [3.05, 3.63) is 65.7 Å². The largest absolute Gasteiger partial charge is 0.493 e. The number of nitrogens with one attached hydrogen (secondary N) is 1. The van der Waals surface area contributed by atoms with Crippen LogP contribution in [-0.4, -0.2) is 53.6 Å². The summed E-state index contributed by atoms with van der Waals surface area (Å²) in [6.45, 7) is 7.20. The second-order valence-electron chi connectivity index (χ2n) is 7.91. The Morgan fingerprint density at radius 3 is 2.42 bits per heavy atom. The van der Waals surface area contributed by atoms with Gasteiger partial charge in [0.2, 0.25) is 0 Å². The summed E-state index contributed by atoms with van der Waals surface area (Å²) >= 11 is 5.53. The summed E-state index contributed by atoms with van der Waals surface area (Å²) in [5, 5.41) is 3.39. The highest BCUT2D eigenvalue weighted by Crippen LogP contribution is 2.19. The van der Waals surface area contributed by atoms with E-state index in [2.05, 4.69) is 46.3 Å². The van der Waals surface area contributed by atoms with Crippen molar-refractivity contribution in [1.29, 1.82) is 0 Å². The number of amides is 1. The fraction of sp³-hybridized carbons (Fsp3) is 0.440. The Morgan fingerprint density at radius 1 is 0.968 bits per heavy atom. The van der Waals surface area contributed by atoms with Crippen LogP contribution >= 0.6 is 12.2 Å². The number of unbranched alkanes of at least 4 members (excludes halogenated alkanes) is 3. The number of hydrogen-bond acceptors (Lipinski definition) is 4. The van der Waals surface area contributed by atoms with Crippen LogP contribution in [-0.2, 0) is 6.54 Å². The number of ether oxygens (including phenoxy) is 1. The van der Waals surface area contributed by atoms with Crippen molar-refractivity contribution in [3.8, 4) is 5.75 Å². The summed E-state index contributed by atoms with van der Waals surface area (Å²) in [6, 6.07) is 17.9. The number of rotatable bonds is 9. The molecule has 0 radical (unpaired) electrons. The molecule has 1 N–H and O–H groups in total. The number of piperazine rings is 1. The minimum atomic E-state index is -0.208. The topological polar surface area (TPSA) is 44.8 Å². The van der Waals surface area contributed by atoms with Crippen LogP contribution in [0.5, 0.6) is 5.75 Å². The van der Waals surface area contributed by atoms with Gasteiger partial charge in [-0.15, -0.1) is 0 Å². The van der Waals surface area contributed by atoms with E-state index in [-0.39, 0.29) is 5.91 Å². The number of benzene rings is 2. The number of carbonyl (C=O) groups excluding carboxylic acids is 1. The van der Waals surface area contributed by atoms with Gasteiger partial charge in [0.05, 0.1) is 12.2 Å². The zero-order valence-electron chi connectivity index (χ0n) is 18.4. The molecular formula is C25H33N3O2S. The third kappa shape index (κ3) is 7.33. The van der Waals surface area contributed by atoms with Crippen LogP contribution in [0.15, 0.2) is 54.6 Å². The van der Waals surface area contributed by atoms with Crippen molar-refractivity contribution in [1.82, 2.24) is 15.1 Å². The van der Waals surface area contributed by atoms with Crippen molar-refractivity contribution in [3.63, 3.8) is 0 Å². The second-order valence-corrected chi connectivity index (χ2v) is 8.30. The maximum absolute atomic E-state index is 12.8. The fourth-order valence-electron chi connectivity index (χ4n) is 3.69. The molecule has 2 aromatic carbocycles. The molecule has 1 fully saturated rings. The van der Waals surface area contributed by atoms with Crippen LogP contribution in [0.1, 0.15) is 48.5 Å². The first-order valence-corrected chi connectivity index (χ1v) is 11.7. The lowest BCUT2D eigenvalue weighted by molar-refractivity contribution is 0.0965. The van der Waals surface area contributed by atoms with Gasteiger partial charge in [-0.2, -0.15) is 0 Å². The van der Waals surface area contributed by atoms with E-state index in [0.717, 1.165) is 45.6 Å². The van der Waals surface area contributed by atoms with Gasteiger partial charge < -0.3 is 9.64 Å². The predicted octanol–water partition coefficient (Wildman–Crippen LogP) is 4.48. The summed E-state index contributed by atoms with van der Waals surface area (Å²) in [7, 11) is 0. The van der Waals surface area contributed by atoms with Gasteiger partial charge in [-0.25, -0.2) is 0 Å². The third-order valence-electron chi connectivity index (χ3n) is 5.52. The number of nitrogens with zero attached hydrogens (tertiary/aromatic N) is 2. The summed E-state index contributed by atoms with van der Waals surface area (Å²) in [5.41, 5.74) is 1.85. The SMILES string of the molecule is CCCCCCOc1ccccc1C(=O)NC(=S)N1CCN(Cc2ccccc2)CC1. The number of carbonyl (C=O) groups is 1. The van der Waals surface area contributed by atoms with Crippen LogP contribution < -0.4 is 10.1 Å². The Balaban J connectivity index is 1.47. The first-order chi connectivity index (χ1) is 15.2. The van der Waals surface area contributed by atoms with Crippen LogP contribution in [0.2, 0.25) is 0 Å². The molecule has 0 spiro atoms. The van der Waals surface area contributed by atoms with Gasteiger partial charge in [0.15, 0.2) is 5.11 Å². The molecule has 0 saturated carbocycles. The molecule has 0 bridgehead atoms. The molecule has 0 aromatic heterocycles. The highest BCUT2D eigenvalue weighted by Gasteiger charge is 2.21. The van der Waals surface area contributed by atoms with E-state index in [1.165, 1.54) is 18.4 Å². The lowest BCUT2D eigenvalue weighted by Crippen LogP contribution is -2.52. The van der Waals surface area contributed by atoms with Gasteiger partial charge in [0.1, 0.15) is 5.75 Å². The van der Waals surface area contributed by atoms with Crippen LogP contribution in [0.25, 0.3) is 0 Å². The molecule has 166 valence electrons. The molecule has 5 nitrogen and oxygen atoms in total. The van der Waals surface area contributed by atoms with E-state index in [4.69, 9.17) is 17.0 Å². The molecule has 1 aliphatic rings. The van der Waals surface area contributed by atoms with Crippen LogP contribution in [0, 0.1) is 0 Å². The Hall–Kier alpha value is -2.44. The van der Waals surface area contributed by atoms with Gasteiger partial charge in [0, 0.05) is 32.7 Å². The van der Waals surface area contributed by atoms with Gasteiger partial charge >= 0.3 is 0 Å². The quantitative estimate of drug-likeness (QED) is 0.461. The van der Waals surface area contributed by atoms with Crippen molar-refractivity contribution in [2.45, 2.75) is 39.2 Å². The van der Waals surface area contributed by atoms with Gasteiger partial charge in [-0.3, -0.25) is 15.0 Å². The molecule has 3 rings (SSSR count). The van der Waals surface area contributed by atoms with E-state index in [9.17, 15) is 4.79 Å². The fourth-order valence-corrected chi connectivity index (χ4v) is 3.96. The van der Waals surface area contributed by atoms with E-state index in [1.807, 2.05) is 24.3 Å². The maximum Gasteiger partial charge on any atom is 0.261 e. The lowest BCUT2D eigenvalue weighted by Gasteiger charge is -2.36. The average molecular weight is 440 g/mol. The highest BCUT2D eigenvalue weighted by atomic mass is 32.1. The summed E-state index contributed by atoms with van der Waals surface area (Å²) in [5.74, 6) is 0.410. The smallest absolute Gasteiger partial charge is 0.261 e. The number of hydrogen-bond donors (Lipinski definition) is 1. The zero-order chi connectivity index (χ0) is 21.9. The molecular weight excluding hydrogens is 406 g/mol. The van der Waals surface area contributed by atoms with Crippen LogP contribution in [0.4, 0.5) is 0 Å². The number of thiocarbonyl (C=S) groups is 1. The van der Waals surface area contributed by atoms with E-state index >= 15 is 0 Å². The first-order valence-electron chi connectivity index (χ1n) is 11.3.